The Hall–Kier alpha value is -1.77. The molecule has 1 aromatic carbocycles. The summed E-state index contributed by atoms with van der Waals surface area (Å²) in [5.41, 5.74) is 4.87. The Kier molecular flexibility index (Phi) is 3.18. The molecule has 0 saturated carbocycles. The van der Waals surface area contributed by atoms with Crippen LogP contribution in [0.5, 0.6) is 0 Å². The van der Waals surface area contributed by atoms with Crippen molar-refractivity contribution in [2.24, 2.45) is 0 Å². The van der Waals surface area contributed by atoms with Gasteiger partial charge < -0.3 is 10.1 Å². The average molecular weight is 231 g/mol. The van der Waals surface area contributed by atoms with E-state index in [4.69, 9.17) is 5.11 Å². The van der Waals surface area contributed by atoms with Gasteiger partial charge in [-0.3, -0.25) is 4.79 Å². The molecule has 2 N–H and O–H groups in total. The maximum atomic E-state index is 10.5. The summed E-state index contributed by atoms with van der Waals surface area (Å²) < 4.78 is 0. The summed E-state index contributed by atoms with van der Waals surface area (Å²) in [5, 5.41) is 9.87. The zero-order valence-corrected chi connectivity index (χ0v) is 10.2. The number of aliphatic carboxylic acids is 1. The zero-order chi connectivity index (χ0) is 12.4. The van der Waals surface area contributed by atoms with E-state index in [9.17, 15) is 4.79 Å². The lowest BCUT2D eigenvalue weighted by Crippen LogP contribution is -1.95. The molecule has 0 atom stereocenters. The molecule has 0 radical (unpaired) electrons. The maximum Gasteiger partial charge on any atom is 0.303 e. The number of carboxylic acid groups (broad SMARTS) is 1. The molecule has 0 aliphatic rings. The molecule has 90 valence electrons. The van der Waals surface area contributed by atoms with Gasteiger partial charge in [0, 0.05) is 23.5 Å². The summed E-state index contributed by atoms with van der Waals surface area (Å²) >= 11 is 0. The summed E-state index contributed by atoms with van der Waals surface area (Å²) in [6, 6.07) is 4.31. The molecule has 1 aromatic heterocycles. The monoisotopic (exact) mass is 231 g/mol. The number of aryl methyl sites for hydroxylation is 3. The number of hydrogen-bond donors (Lipinski definition) is 2. The van der Waals surface area contributed by atoms with Crippen LogP contribution in [-0.4, -0.2) is 16.1 Å². The third-order valence-electron chi connectivity index (χ3n) is 3.05. The first-order valence-corrected chi connectivity index (χ1v) is 5.87. The van der Waals surface area contributed by atoms with E-state index >= 15 is 0 Å². The molecule has 2 aromatic rings. The summed E-state index contributed by atoms with van der Waals surface area (Å²) in [5.74, 6) is -0.725. The number of carbonyl (C=O) groups is 1. The van der Waals surface area contributed by atoms with Gasteiger partial charge in [-0.05, 0) is 43.9 Å². The summed E-state index contributed by atoms with van der Waals surface area (Å²) in [6.07, 6.45) is 3.74. The van der Waals surface area contributed by atoms with Gasteiger partial charge in [-0.2, -0.15) is 0 Å². The first-order valence-electron chi connectivity index (χ1n) is 5.87. The molecule has 0 aliphatic carbocycles. The van der Waals surface area contributed by atoms with Crippen LogP contribution in [0.15, 0.2) is 18.3 Å². The predicted octanol–water partition coefficient (Wildman–Crippen LogP) is 3.19. The van der Waals surface area contributed by atoms with Crippen molar-refractivity contribution >= 4 is 16.9 Å². The van der Waals surface area contributed by atoms with Crippen LogP contribution in [0.2, 0.25) is 0 Å². The van der Waals surface area contributed by atoms with E-state index in [1.54, 1.807) is 0 Å². The van der Waals surface area contributed by atoms with Gasteiger partial charge in [0.15, 0.2) is 0 Å². The van der Waals surface area contributed by atoms with Crippen LogP contribution in [0, 0.1) is 13.8 Å². The van der Waals surface area contributed by atoms with Crippen molar-refractivity contribution in [1.29, 1.82) is 0 Å². The standard InChI is InChI=1S/C14H17NO2/c1-9-6-10(2)14-12(7-9)11(8-15-14)4-3-5-13(16)17/h6-8,15H,3-5H2,1-2H3,(H,16,17). The fraction of sp³-hybridized carbons (Fsp3) is 0.357. The quantitative estimate of drug-likeness (QED) is 0.849. The molecule has 0 aliphatic heterocycles. The molecule has 3 heteroatoms. The number of benzene rings is 1. The van der Waals surface area contributed by atoms with Crippen molar-refractivity contribution in [2.45, 2.75) is 33.1 Å². The Labute approximate surface area is 100 Å². The second kappa shape index (κ2) is 4.62. The molecule has 0 bridgehead atoms. The second-order valence-electron chi connectivity index (χ2n) is 4.57. The number of aromatic nitrogens is 1. The molecule has 0 spiro atoms. The summed E-state index contributed by atoms with van der Waals surface area (Å²) in [6.45, 7) is 4.17. The van der Waals surface area contributed by atoms with Gasteiger partial charge >= 0.3 is 5.97 Å². The van der Waals surface area contributed by atoms with Gasteiger partial charge in [-0.25, -0.2) is 0 Å². The molecule has 0 saturated heterocycles. The fourth-order valence-corrected chi connectivity index (χ4v) is 2.29. The van der Waals surface area contributed by atoms with E-state index in [0.29, 0.717) is 6.42 Å². The maximum absolute atomic E-state index is 10.5. The third-order valence-corrected chi connectivity index (χ3v) is 3.05. The molecular weight excluding hydrogens is 214 g/mol. The minimum atomic E-state index is -0.725. The number of nitrogens with one attached hydrogen (secondary N) is 1. The van der Waals surface area contributed by atoms with E-state index in [1.165, 1.54) is 27.6 Å². The zero-order valence-electron chi connectivity index (χ0n) is 10.2. The van der Waals surface area contributed by atoms with Gasteiger partial charge in [0.25, 0.3) is 0 Å². The normalized spacial score (nSPS) is 10.9. The lowest BCUT2D eigenvalue weighted by atomic mass is 10.0. The molecule has 0 amide bonds. The highest BCUT2D eigenvalue weighted by Gasteiger charge is 2.07. The van der Waals surface area contributed by atoms with Crippen molar-refractivity contribution < 1.29 is 9.90 Å². The van der Waals surface area contributed by atoms with E-state index in [1.807, 2.05) is 6.20 Å². The van der Waals surface area contributed by atoms with Gasteiger partial charge in [-0.1, -0.05) is 11.6 Å². The number of H-pyrrole nitrogens is 1. The number of hydrogen-bond acceptors (Lipinski definition) is 1. The van der Waals surface area contributed by atoms with E-state index in [2.05, 4.69) is 31.0 Å². The average Bonchev–Trinajstić information content (AvgIpc) is 2.61. The predicted molar refractivity (Wildman–Crippen MR) is 68.3 cm³/mol. The number of aromatic amines is 1. The number of carboxylic acids is 1. The van der Waals surface area contributed by atoms with Gasteiger partial charge in [0.05, 0.1) is 0 Å². The molecule has 0 fully saturated rings. The molecule has 1 heterocycles. The van der Waals surface area contributed by atoms with E-state index < -0.39 is 5.97 Å². The van der Waals surface area contributed by atoms with E-state index in [0.717, 1.165) is 6.42 Å². The molecule has 2 rings (SSSR count). The fourth-order valence-electron chi connectivity index (χ4n) is 2.29. The Bertz CT molecular complexity index is 555. The molecular formula is C14H17NO2. The highest BCUT2D eigenvalue weighted by atomic mass is 16.4. The van der Waals surface area contributed by atoms with Crippen molar-refractivity contribution in [1.82, 2.24) is 4.98 Å². The van der Waals surface area contributed by atoms with Gasteiger partial charge in [-0.15, -0.1) is 0 Å². The largest absolute Gasteiger partial charge is 0.481 e. The Morgan fingerprint density at radius 3 is 2.82 bits per heavy atom. The topological polar surface area (TPSA) is 53.1 Å². The third kappa shape index (κ3) is 2.49. The van der Waals surface area contributed by atoms with Crippen LogP contribution >= 0.6 is 0 Å². The molecule has 3 nitrogen and oxygen atoms in total. The number of fused-ring (bicyclic) bond motifs is 1. The van der Waals surface area contributed by atoms with Crippen molar-refractivity contribution in [3.8, 4) is 0 Å². The number of rotatable bonds is 4. The highest BCUT2D eigenvalue weighted by molar-refractivity contribution is 5.86. The van der Waals surface area contributed by atoms with Crippen LogP contribution in [0.4, 0.5) is 0 Å². The van der Waals surface area contributed by atoms with Crippen molar-refractivity contribution in [3.05, 3.63) is 35.0 Å². The second-order valence-corrected chi connectivity index (χ2v) is 4.57. The van der Waals surface area contributed by atoms with Gasteiger partial charge in [0.1, 0.15) is 0 Å². The Balaban J connectivity index is 2.26. The van der Waals surface area contributed by atoms with Crippen LogP contribution in [0.3, 0.4) is 0 Å². The van der Waals surface area contributed by atoms with E-state index in [-0.39, 0.29) is 6.42 Å². The van der Waals surface area contributed by atoms with Crippen molar-refractivity contribution in [2.75, 3.05) is 0 Å². The lowest BCUT2D eigenvalue weighted by Gasteiger charge is -2.02. The van der Waals surface area contributed by atoms with Crippen LogP contribution < -0.4 is 0 Å². The molecule has 17 heavy (non-hydrogen) atoms. The van der Waals surface area contributed by atoms with Crippen LogP contribution in [0.25, 0.3) is 10.9 Å². The highest BCUT2D eigenvalue weighted by Crippen LogP contribution is 2.24. The lowest BCUT2D eigenvalue weighted by molar-refractivity contribution is -0.137. The smallest absolute Gasteiger partial charge is 0.303 e. The molecule has 0 unspecified atom stereocenters. The minimum absolute atomic E-state index is 0.234. The minimum Gasteiger partial charge on any atom is -0.481 e. The first-order chi connectivity index (χ1) is 8.08. The Morgan fingerprint density at radius 1 is 1.35 bits per heavy atom. The summed E-state index contributed by atoms with van der Waals surface area (Å²) in [4.78, 5) is 13.8. The Morgan fingerprint density at radius 2 is 2.12 bits per heavy atom. The summed E-state index contributed by atoms with van der Waals surface area (Å²) in [7, 11) is 0. The van der Waals surface area contributed by atoms with Crippen LogP contribution in [0.1, 0.15) is 29.5 Å². The van der Waals surface area contributed by atoms with Crippen LogP contribution in [-0.2, 0) is 11.2 Å². The van der Waals surface area contributed by atoms with Gasteiger partial charge in [0.2, 0.25) is 0 Å². The van der Waals surface area contributed by atoms with Crippen molar-refractivity contribution in [3.63, 3.8) is 0 Å². The first kappa shape index (κ1) is 11.7. The SMILES string of the molecule is Cc1cc(C)c2[nH]cc(CCCC(=O)O)c2c1.